The lowest BCUT2D eigenvalue weighted by atomic mass is 10.1. The summed E-state index contributed by atoms with van der Waals surface area (Å²) >= 11 is 3.31. The minimum absolute atomic E-state index is 0.370. The van der Waals surface area contributed by atoms with Gasteiger partial charge in [-0.1, -0.05) is 29.8 Å². The predicted molar refractivity (Wildman–Crippen MR) is 66.0 cm³/mol. The number of carbonyl (C=O) groups excluding carboxylic acids is 1. The quantitative estimate of drug-likeness (QED) is 0.632. The summed E-state index contributed by atoms with van der Waals surface area (Å²) in [6, 6.07) is 3.35. The molecule has 0 aliphatic rings. The van der Waals surface area contributed by atoms with Crippen molar-refractivity contribution >= 4 is 27.6 Å². The Bertz CT molecular complexity index is 351. The molecule has 0 bridgehead atoms. The molecule has 84 valence electrons. The maximum absolute atomic E-state index is 11.2. The highest BCUT2D eigenvalue weighted by molar-refractivity contribution is 9.10. The fourth-order valence-corrected chi connectivity index (χ4v) is 1.50. The van der Waals surface area contributed by atoms with Gasteiger partial charge in [0.2, 0.25) is 0 Å². The maximum atomic E-state index is 11.2. The van der Waals surface area contributed by atoms with E-state index in [0.29, 0.717) is 11.3 Å². The van der Waals surface area contributed by atoms with Crippen molar-refractivity contribution in [3.05, 3.63) is 27.7 Å². The number of carbonyl (C=O) groups is 1. The van der Waals surface area contributed by atoms with Gasteiger partial charge in [-0.3, -0.25) is 0 Å². The van der Waals surface area contributed by atoms with Crippen LogP contribution in [0.5, 0.6) is 0 Å². The maximum Gasteiger partial charge on any atom is 0.338 e. The molecule has 0 heterocycles. The molecule has 0 fully saturated rings. The molecule has 0 amide bonds. The van der Waals surface area contributed by atoms with Crippen molar-refractivity contribution < 1.29 is 9.53 Å². The number of nitrogens with two attached hydrogens (primary N) is 1. The van der Waals surface area contributed by atoms with Crippen LogP contribution in [0, 0.1) is 6.92 Å². The summed E-state index contributed by atoms with van der Waals surface area (Å²) in [6.45, 7) is 5.83. The Morgan fingerprint density at radius 2 is 1.93 bits per heavy atom. The molecule has 15 heavy (non-hydrogen) atoms. The van der Waals surface area contributed by atoms with Gasteiger partial charge in [-0.05, 0) is 24.6 Å². The number of nitrogen functional groups attached to an aromatic ring is 1. The van der Waals surface area contributed by atoms with Gasteiger partial charge in [0.05, 0.1) is 12.7 Å². The van der Waals surface area contributed by atoms with E-state index in [1.54, 1.807) is 12.1 Å². The molecule has 3 nitrogen and oxygen atoms in total. The van der Waals surface area contributed by atoms with Gasteiger partial charge < -0.3 is 10.5 Å². The third-order valence-corrected chi connectivity index (χ3v) is 2.60. The Morgan fingerprint density at radius 3 is 2.40 bits per heavy atom. The zero-order valence-corrected chi connectivity index (χ0v) is 11.0. The lowest BCUT2D eigenvalue weighted by Crippen LogP contribution is -2.05. The van der Waals surface area contributed by atoms with E-state index in [2.05, 4.69) is 20.7 Å². The SMILES string of the molecule is CC.COC(=O)c1cc(N)cc(Br)c1C. The fourth-order valence-electron chi connectivity index (χ4n) is 1.02. The Balaban J connectivity index is 0.000000921. The van der Waals surface area contributed by atoms with Crippen molar-refractivity contribution in [3.63, 3.8) is 0 Å². The topological polar surface area (TPSA) is 52.3 Å². The van der Waals surface area contributed by atoms with E-state index in [-0.39, 0.29) is 5.97 Å². The monoisotopic (exact) mass is 273 g/mol. The normalized spacial score (nSPS) is 8.87. The van der Waals surface area contributed by atoms with Crippen molar-refractivity contribution in [2.24, 2.45) is 0 Å². The van der Waals surface area contributed by atoms with E-state index in [9.17, 15) is 4.79 Å². The number of anilines is 1. The molecule has 4 heteroatoms. The highest BCUT2D eigenvalue weighted by Gasteiger charge is 2.11. The Hall–Kier alpha value is -1.03. The second-order valence-electron chi connectivity index (χ2n) is 2.67. The van der Waals surface area contributed by atoms with Gasteiger partial charge in [0.1, 0.15) is 0 Å². The molecule has 1 aromatic carbocycles. The zero-order chi connectivity index (χ0) is 12.0. The molecule has 0 spiro atoms. The van der Waals surface area contributed by atoms with Gasteiger partial charge >= 0.3 is 5.97 Å². The smallest absolute Gasteiger partial charge is 0.338 e. The van der Waals surface area contributed by atoms with Gasteiger partial charge in [-0.25, -0.2) is 4.79 Å². The van der Waals surface area contributed by atoms with E-state index in [4.69, 9.17) is 5.73 Å². The fraction of sp³-hybridized carbons (Fsp3) is 0.364. The van der Waals surface area contributed by atoms with Crippen LogP contribution in [-0.4, -0.2) is 13.1 Å². The molecule has 0 aromatic heterocycles. The minimum atomic E-state index is -0.370. The molecular formula is C11H16BrNO2. The number of hydrogen-bond donors (Lipinski definition) is 1. The van der Waals surface area contributed by atoms with Crippen LogP contribution in [0.3, 0.4) is 0 Å². The molecule has 2 N–H and O–H groups in total. The van der Waals surface area contributed by atoms with Crippen LogP contribution >= 0.6 is 15.9 Å². The molecule has 1 aromatic rings. The number of halogens is 1. The standard InChI is InChI=1S/C9H10BrNO2.C2H6/c1-5-7(9(12)13-2)3-6(11)4-8(5)10;1-2/h3-4H,11H2,1-2H3;1-2H3. The molecule has 0 radical (unpaired) electrons. The van der Waals surface area contributed by atoms with Gasteiger partial charge in [-0.15, -0.1) is 0 Å². The Kier molecular flexibility index (Phi) is 6.01. The first-order valence-electron chi connectivity index (χ1n) is 4.70. The average Bonchev–Trinajstić information content (AvgIpc) is 2.25. The number of ether oxygens (including phenoxy) is 1. The van der Waals surface area contributed by atoms with E-state index < -0.39 is 0 Å². The second-order valence-corrected chi connectivity index (χ2v) is 3.52. The molecule has 0 saturated carbocycles. The molecule has 0 aliphatic heterocycles. The number of benzene rings is 1. The van der Waals surface area contributed by atoms with E-state index in [1.807, 2.05) is 20.8 Å². The van der Waals surface area contributed by atoms with Crippen LogP contribution in [0.4, 0.5) is 5.69 Å². The number of rotatable bonds is 1. The van der Waals surface area contributed by atoms with Crippen LogP contribution in [0.1, 0.15) is 29.8 Å². The van der Waals surface area contributed by atoms with Crippen molar-refractivity contribution in [2.75, 3.05) is 12.8 Å². The molecule has 0 atom stereocenters. The first kappa shape index (κ1) is 14.0. The molecule has 0 saturated heterocycles. The van der Waals surface area contributed by atoms with E-state index >= 15 is 0 Å². The average molecular weight is 274 g/mol. The lowest BCUT2D eigenvalue weighted by Gasteiger charge is -2.06. The van der Waals surface area contributed by atoms with Crippen LogP contribution < -0.4 is 5.73 Å². The van der Waals surface area contributed by atoms with Crippen LogP contribution in [-0.2, 0) is 4.74 Å². The number of hydrogen-bond acceptors (Lipinski definition) is 3. The first-order valence-corrected chi connectivity index (χ1v) is 5.49. The summed E-state index contributed by atoms with van der Waals surface area (Å²) < 4.78 is 5.42. The van der Waals surface area contributed by atoms with E-state index in [0.717, 1.165) is 10.0 Å². The van der Waals surface area contributed by atoms with Crippen molar-refractivity contribution in [1.29, 1.82) is 0 Å². The molecule has 0 aliphatic carbocycles. The first-order chi connectivity index (χ1) is 7.06. The molecule has 1 rings (SSSR count). The summed E-state index contributed by atoms with van der Waals surface area (Å²) in [4.78, 5) is 11.2. The summed E-state index contributed by atoms with van der Waals surface area (Å²) in [6.07, 6.45) is 0. The minimum Gasteiger partial charge on any atom is -0.465 e. The van der Waals surface area contributed by atoms with E-state index in [1.165, 1.54) is 7.11 Å². The number of methoxy groups -OCH3 is 1. The van der Waals surface area contributed by atoms with Gasteiger partial charge in [0, 0.05) is 10.2 Å². The molecule has 0 unspecified atom stereocenters. The second kappa shape index (κ2) is 6.45. The highest BCUT2D eigenvalue weighted by Crippen LogP contribution is 2.23. The summed E-state index contributed by atoms with van der Waals surface area (Å²) in [7, 11) is 1.35. The summed E-state index contributed by atoms with van der Waals surface area (Å²) in [5.74, 6) is -0.370. The molecular weight excluding hydrogens is 258 g/mol. The number of esters is 1. The third kappa shape index (κ3) is 3.55. The summed E-state index contributed by atoms with van der Waals surface area (Å²) in [5.41, 5.74) is 7.45. The Labute approximate surface area is 98.7 Å². The van der Waals surface area contributed by atoms with Gasteiger partial charge in [0.25, 0.3) is 0 Å². The zero-order valence-electron chi connectivity index (χ0n) is 9.43. The van der Waals surface area contributed by atoms with Crippen molar-refractivity contribution in [2.45, 2.75) is 20.8 Å². The third-order valence-electron chi connectivity index (χ3n) is 1.77. The van der Waals surface area contributed by atoms with Crippen LogP contribution in [0.15, 0.2) is 16.6 Å². The highest BCUT2D eigenvalue weighted by atomic mass is 79.9. The van der Waals surface area contributed by atoms with Crippen molar-refractivity contribution in [3.8, 4) is 0 Å². The van der Waals surface area contributed by atoms with Crippen LogP contribution in [0.2, 0.25) is 0 Å². The van der Waals surface area contributed by atoms with Gasteiger partial charge in [-0.2, -0.15) is 0 Å². The summed E-state index contributed by atoms with van der Waals surface area (Å²) in [5, 5.41) is 0. The van der Waals surface area contributed by atoms with Crippen molar-refractivity contribution in [1.82, 2.24) is 0 Å². The lowest BCUT2D eigenvalue weighted by molar-refractivity contribution is 0.0600. The largest absolute Gasteiger partial charge is 0.465 e. The van der Waals surface area contributed by atoms with Gasteiger partial charge in [0.15, 0.2) is 0 Å². The Morgan fingerprint density at radius 1 is 1.40 bits per heavy atom. The van der Waals surface area contributed by atoms with Crippen LogP contribution in [0.25, 0.3) is 0 Å². The predicted octanol–water partition coefficient (Wildman–Crippen LogP) is 3.15.